The fourth-order valence-electron chi connectivity index (χ4n) is 2.08. The number of alkyl halides is 3. The third-order valence-corrected chi connectivity index (χ3v) is 5.51. The minimum atomic E-state index is -4.96. The van der Waals surface area contributed by atoms with Gasteiger partial charge in [-0.15, -0.1) is 0 Å². The molecule has 0 bridgehead atoms. The molecule has 0 fully saturated rings. The summed E-state index contributed by atoms with van der Waals surface area (Å²) in [5.74, 6) is -3.31. The number of nitrogens with one attached hydrogen (secondary N) is 1. The lowest BCUT2D eigenvalue weighted by atomic mass is 10.2. The molecular formula is C17H19F3N4O3S. The molecule has 1 amide bonds. The number of carbonyl (C=O) groups excluding carboxylic acids is 1. The normalized spacial score (nSPS) is 14.6. The zero-order valence-electron chi connectivity index (χ0n) is 15.0. The van der Waals surface area contributed by atoms with E-state index in [1.807, 2.05) is 5.32 Å². The van der Waals surface area contributed by atoms with E-state index in [9.17, 15) is 26.4 Å². The Hall–Kier alpha value is -3.00. The highest BCUT2D eigenvalue weighted by Gasteiger charge is 2.35. The number of benzene rings is 1. The van der Waals surface area contributed by atoms with Gasteiger partial charge in [-0.05, 0) is 25.1 Å². The topological polar surface area (TPSA) is 139 Å². The number of nitrogens with two attached hydrogens (primary N) is 2. The van der Waals surface area contributed by atoms with Gasteiger partial charge in [0.05, 0.1) is 16.2 Å². The summed E-state index contributed by atoms with van der Waals surface area (Å²) in [6.07, 6.45) is -4.66. The van der Waals surface area contributed by atoms with E-state index < -0.39 is 50.7 Å². The molecule has 1 unspecified atom stereocenters. The van der Waals surface area contributed by atoms with Crippen molar-refractivity contribution >= 4 is 15.7 Å². The summed E-state index contributed by atoms with van der Waals surface area (Å²) in [4.78, 5) is 12.1. The third kappa shape index (κ3) is 6.31. The highest BCUT2D eigenvalue weighted by molar-refractivity contribution is 7.91. The monoisotopic (exact) mass is 416 g/mol. The van der Waals surface area contributed by atoms with Crippen molar-refractivity contribution in [1.29, 1.82) is 5.26 Å². The molecule has 152 valence electrons. The number of nitriles is 1. The van der Waals surface area contributed by atoms with Crippen LogP contribution < -0.4 is 16.8 Å². The molecule has 0 saturated heterocycles. The van der Waals surface area contributed by atoms with Gasteiger partial charge >= 0.3 is 6.18 Å². The lowest BCUT2D eigenvalue weighted by Gasteiger charge is -2.14. The van der Waals surface area contributed by atoms with E-state index in [-0.39, 0.29) is 4.90 Å². The molecule has 1 aromatic carbocycles. The molecule has 1 aromatic rings. The molecule has 0 aliphatic heterocycles. The first-order valence-corrected chi connectivity index (χ1v) is 9.47. The number of sulfone groups is 1. The van der Waals surface area contributed by atoms with Crippen molar-refractivity contribution in [3.05, 3.63) is 53.0 Å². The Morgan fingerprint density at radius 3 is 2.29 bits per heavy atom. The van der Waals surface area contributed by atoms with Crippen LogP contribution in [0.15, 0.2) is 52.3 Å². The fourth-order valence-corrected chi connectivity index (χ4v) is 3.63. The van der Waals surface area contributed by atoms with Gasteiger partial charge in [-0.1, -0.05) is 24.6 Å². The molecule has 0 aliphatic carbocycles. The summed E-state index contributed by atoms with van der Waals surface area (Å²) >= 11 is 0. The molecule has 1 atom stereocenters. The van der Waals surface area contributed by atoms with Crippen LogP contribution in [0, 0.1) is 24.2 Å². The quantitative estimate of drug-likeness (QED) is 0.476. The van der Waals surface area contributed by atoms with Crippen molar-refractivity contribution < 1.29 is 26.4 Å². The van der Waals surface area contributed by atoms with Crippen LogP contribution >= 0.6 is 0 Å². The summed E-state index contributed by atoms with van der Waals surface area (Å²) in [6.45, 7) is 3.07. The SMILES string of the molecule is Cc1ccc(S(=O)(=O)CC(C)C(=O)N/C(N)=C/C(=C(\N)C#N)C(F)(F)F)cc1. The van der Waals surface area contributed by atoms with Gasteiger partial charge < -0.3 is 16.8 Å². The molecule has 11 heteroatoms. The van der Waals surface area contributed by atoms with Gasteiger partial charge in [-0.2, -0.15) is 18.4 Å². The Bertz CT molecular complexity index is 943. The average molecular weight is 416 g/mol. The zero-order chi connectivity index (χ0) is 21.7. The molecule has 0 spiro atoms. The number of allylic oxidation sites excluding steroid dienone is 3. The van der Waals surface area contributed by atoms with E-state index in [2.05, 4.69) is 0 Å². The first kappa shape index (κ1) is 23.0. The van der Waals surface area contributed by atoms with Crippen LogP contribution in [-0.2, 0) is 14.6 Å². The summed E-state index contributed by atoms with van der Waals surface area (Å²) in [6, 6.07) is 7.15. The number of halogens is 3. The highest BCUT2D eigenvalue weighted by atomic mass is 32.2. The van der Waals surface area contributed by atoms with Crippen LogP contribution in [0.5, 0.6) is 0 Å². The number of hydrogen-bond donors (Lipinski definition) is 3. The molecule has 28 heavy (non-hydrogen) atoms. The third-order valence-electron chi connectivity index (χ3n) is 3.58. The number of aryl methyl sites for hydroxylation is 1. The minimum Gasteiger partial charge on any atom is -0.390 e. The Kier molecular flexibility index (Phi) is 7.23. The number of hydrogen-bond acceptors (Lipinski definition) is 6. The van der Waals surface area contributed by atoms with Crippen molar-refractivity contribution in [2.75, 3.05) is 5.75 Å². The Morgan fingerprint density at radius 1 is 1.29 bits per heavy atom. The highest BCUT2D eigenvalue weighted by Crippen LogP contribution is 2.28. The second kappa shape index (κ2) is 8.79. The van der Waals surface area contributed by atoms with E-state index in [0.29, 0.717) is 6.08 Å². The van der Waals surface area contributed by atoms with E-state index in [1.54, 1.807) is 19.1 Å². The van der Waals surface area contributed by atoms with E-state index in [0.717, 1.165) is 11.6 Å². The molecule has 7 nitrogen and oxygen atoms in total. The van der Waals surface area contributed by atoms with Crippen LogP contribution in [0.3, 0.4) is 0 Å². The van der Waals surface area contributed by atoms with Crippen LogP contribution in [0.1, 0.15) is 12.5 Å². The first-order chi connectivity index (χ1) is 12.8. The molecule has 0 aromatic heterocycles. The second-order valence-electron chi connectivity index (χ2n) is 6.02. The maximum atomic E-state index is 12.9. The Labute approximate surface area is 160 Å². The maximum absolute atomic E-state index is 12.9. The predicted octanol–water partition coefficient (Wildman–Crippen LogP) is 1.62. The molecule has 0 radical (unpaired) electrons. The van der Waals surface area contributed by atoms with Crippen molar-refractivity contribution in [3.63, 3.8) is 0 Å². The van der Waals surface area contributed by atoms with Gasteiger partial charge in [0, 0.05) is 5.92 Å². The Balaban J connectivity index is 2.94. The largest absolute Gasteiger partial charge is 0.419 e. The standard InChI is InChI=1S/C17H19F3N4O3S/c1-10-3-5-12(6-4-10)28(26,27)9-11(2)16(25)24-15(23)7-13(14(22)8-21)17(18,19)20/h3-7,11H,9,22-23H2,1-2H3,(H,24,25)/b14-13+,15-7+. The number of carbonyl (C=O) groups is 1. The molecular weight excluding hydrogens is 397 g/mol. The van der Waals surface area contributed by atoms with Crippen molar-refractivity contribution in [3.8, 4) is 6.07 Å². The van der Waals surface area contributed by atoms with Gasteiger partial charge in [0.1, 0.15) is 17.6 Å². The maximum Gasteiger partial charge on any atom is 0.419 e. The van der Waals surface area contributed by atoms with Crippen molar-refractivity contribution in [2.45, 2.75) is 24.9 Å². The molecule has 0 saturated carbocycles. The zero-order valence-corrected chi connectivity index (χ0v) is 15.9. The van der Waals surface area contributed by atoms with Gasteiger partial charge in [-0.3, -0.25) is 4.79 Å². The first-order valence-electron chi connectivity index (χ1n) is 7.82. The van der Waals surface area contributed by atoms with Crippen LogP contribution in [0.4, 0.5) is 13.2 Å². The summed E-state index contributed by atoms with van der Waals surface area (Å²) in [5, 5.41) is 10.5. The molecule has 0 heterocycles. The van der Waals surface area contributed by atoms with Crippen molar-refractivity contribution in [1.82, 2.24) is 5.32 Å². The lowest BCUT2D eigenvalue weighted by molar-refractivity contribution is -0.123. The van der Waals surface area contributed by atoms with Gasteiger partial charge in [0.15, 0.2) is 9.84 Å². The van der Waals surface area contributed by atoms with Crippen LogP contribution in [0.25, 0.3) is 0 Å². The molecule has 5 N–H and O–H groups in total. The van der Waals surface area contributed by atoms with Gasteiger partial charge in [0.25, 0.3) is 0 Å². The van der Waals surface area contributed by atoms with Crippen molar-refractivity contribution in [2.24, 2.45) is 17.4 Å². The summed E-state index contributed by atoms with van der Waals surface area (Å²) in [5.41, 5.74) is 8.59. The lowest BCUT2D eigenvalue weighted by Crippen LogP contribution is -2.35. The average Bonchev–Trinajstić information content (AvgIpc) is 2.58. The van der Waals surface area contributed by atoms with Gasteiger partial charge in [-0.25, -0.2) is 8.42 Å². The molecule has 0 aliphatic rings. The van der Waals surface area contributed by atoms with Crippen LogP contribution in [-0.4, -0.2) is 26.3 Å². The van der Waals surface area contributed by atoms with Gasteiger partial charge in [0.2, 0.25) is 5.91 Å². The number of nitrogens with zero attached hydrogens (tertiary/aromatic N) is 1. The fraction of sp³-hybridized carbons (Fsp3) is 0.294. The van der Waals surface area contributed by atoms with E-state index >= 15 is 0 Å². The van der Waals surface area contributed by atoms with E-state index in [1.165, 1.54) is 19.1 Å². The number of rotatable bonds is 6. The predicted molar refractivity (Wildman–Crippen MR) is 95.7 cm³/mol. The minimum absolute atomic E-state index is 0.0188. The summed E-state index contributed by atoms with van der Waals surface area (Å²) in [7, 11) is -3.79. The van der Waals surface area contributed by atoms with E-state index in [4.69, 9.17) is 16.7 Å². The summed E-state index contributed by atoms with van der Waals surface area (Å²) < 4.78 is 63.3. The number of amides is 1. The smallest absolute Gasteiger partial charge is 0.390 e. The second-order valence-corrected chi connectivity index (χ2v) is 8.06. The van der Waals surface area contributed by atoms with Crippen LogP contribution in [0.2, 0.25) is 0 Å². The molecule has 1 rings (SSSR count). The Morgan fingerprint density at radius 2 is 1.82 bits per heavy atom.